The van der Waals surface area contributed by atoms with Crippen LogP contribution >= 0.6 is 0 Å². The molecule has 0 aliphatic carbocycles. The number of rotatable bonds is 5. The Bertz CT molecular complexity index is 491. The molecule has 1 atom stereocenters. The van der Waals surface area contributed by atoms with Crippen molar-refractivity contribution in [3.8, 4) is 0 Å². The van der Waals surface area contributed by atoms with E-state index in [1.807, 2.05) is 13.8 Å². The van der Waals surface area contributed by atoms with E-state index in [-0.39, 0.29) is 17.5 Å². The fourth-order valence-corrected chi connectivity index (χ4v) is 1.36. The lowest BCUT2D eigenvalue weighted by Crippen LogP contribution is -2.35. The SMILES string of the molecule is CCOCC(C)Nc1c(N)n(C)c(=O)[nH]c1=O. The second-order valence-corrected chi connectivity index (χ2v) is 3.78. The zero-order valence-corrected chi connectivity index (χ0v) is 10.2. The van der Waals surface area contributed by atoms with E-state index >= 15 is 0 Å². The van der Waals surface area contributed by atoms with Crippen LogP contribution in [0.15, 0.2) is 9.59 Å². The van der Waals surface area contributed by atoms with Crippen LogP contribution in [0, 0.1) is 0 Å². The first kappa shape index (κ1) is 13.3. The number of nitrogens with zero attached hydrogens (tertiary/aromatic N) is 1. The van der Waals surface area contributed by atoms with Crippen molar-refractivity contribution >= 4 is 11.5 Å². The summed E-state index contributed by atoms with van der Waals surface area (Å²) < 4.78 is 6.39. The van der Waals surface area contributed by atoms with Crippen LogP contribution in [0.2, 0.25) is 0 Å². The molecule has 1 rings (SSSR count). The molecule has 0 spiro atoms. The molecule has 0 aromatic carbocycles. The minimum Gasteiger partial charge on any atom is -0.383 e. The molecule has 7 heteroatoms. The number of aromatic nitrogens is 2. The molecule has 17 heavy (non-hydrogen) atoms. The van der Waals surface area contributed by atoms with Crippen LogP contribution in [-0.4, -0.2) is 28.8 Å². The molecule has 0 aliphatic rings. The van der Waals surface area contributed by atoms with Gasteiger partial charge in [0.15, 0.2) is 0 Å². The minimum atomic E-state index is -0.532. The van der Waals surface area contributed by atoms with Gasteiger partial charge in [0.2, 0.25) is 0 Å². The summed E-state index contributed by atoms with van der Waals surface area (Å²) in [6.07, 6.45) is 0. The Morgan fingerprint density at radius 2 is 2.18 bits per heavy atom. The fourth-order valence-electron chi connectivity index (χ4n) is 1.36. The van der Waals surface area contributed by atoms with Crippen LogP contribution in [0.3, 0.4) is 0 Å². The average molecular weight is 242 g/mol. The second-order valence-electron chi connectivity index (χ2n) is 3.78. The van der Waals surface area contributed by atoms with Gasteiger partial charge >= 0.3 is 5.69 Å². The fraction of sp³-hybridized carbons (Fsp3) is 0.600. The standard InChI is InChI=1S/C10H18N4O3/c1-4-17-5-6(2)12-7-8(11)14(3)10(16)13-9(7)15/h6,12H,4-5,11H2,1-3H3,(H,13,15,16). The van der Waals surface area contributed by atoms with E-state index in [1.165, 1.54) is 11.6 Å². The maximum atomic E-state index is 11.6. The first-order valence-corrected chi connectivity index (χ1v) is 5.40. The van der Waals surface area contributed by atoms with E-state index in [0.717, 1.165) is 0 Å². The summed E-state index contributed by atoms with van der Waals surface area (Å²) in [6.45, 7) is 4.81. The summed E-state index contributed by atoms with van der Waals surface area (Å²) in [5.74, 6) is 0.113. The first-order chi connectivity index (χ1) is 7.97. The number of nitrogen functional groups attached to an aromatic ring is 1. The molecule has 0 saturated heterocycles. The lowest BCUT2D eigenvalue weighted by atomic mass is 10.3. The van der Waals surface area contributed by atoms with Gasteiger partial charge in [-0.15, -0.1) is 0 Å². The molecular formula is C10H18N4O3. The Labute approximate surface area is 98.6 Å². The zero-order chi connectivity index (χ0) is 13.0. The van der Waals surface area contributed by atoms with E-state index in [0.29, 0.717) is 13.2 Å². The Morgan fingerprint density at radius 1 is 1.53 bits per heavy atom. The maximum Gasteiger partial charge on any atom is 0.329 e. The van der Waals surface area contributed by atoms with E-state index in [1.54, 1.807) is 0 Å². The number of nitrogens with one attached hydrogen (secondary N) is 2. The van der Waals surface area contributed by atoms with Crippen molar-refractivity contribution in [2.45, 2.75) is 19.9 Å². The Morgan fingerprint density at radius 3 is 2.76 bits per heavy atom. The molecule has 0 radical (unpaired) electrons. The second kappa shape index (κ2) is 5.53. The van der Waals surface area contributed by atoms with E-state index in [2.05, 4.69) is 10.3 Å². The molecule has 1 aromatic rings. The van der Waals surface area contributed by atoms with Gasteiger partial charge in [0.1, 0.15) is 11.5 Å². The molecule has 1 unspecified atom stereocenters. The summed E-state index contributed by atoms with van der Waals surface area (Å²) in [4.78, 5) is 25.0. The van der Waals surface area contributed by atoms with Gasteiger partial charge in [-0.2, -0.15) is 0 Å². The predicted octanol–water partition coefficient (Wildman–Crippen LogP) is -0.507. The van der Waals surface area contributed by atoms with Crippen LogP contribution in [0.1, 0.15) is 13.8 Å². The highest BCUT2D eigenvalue weighted by Gasteiger charge is 2.12. The molecule has 0 amide bonds. The number of anilines is 2. The molecule has 1 heterocycles. The van der Waals surface area contributed by atoms with Gasteiger partial charge in [0, 0.05) is 19.7 Å². The van der Waals surface area contributed by atoms with E-state index in [9.17, 15) is 9.59 Å². The predicted molar refractivity (Wildman–Crippen MR) is 66.3 cm³/mol. The van der Waals surface area contributed by atoms with Crippen LogP contribution in [0.5, 0.6) is 0 Å². The summed E-state index contributed by atoms with van der Waals surface area (Å²) in [6, 6.07) is -0.0733. The molecule has 96 valence electrons. The van der Waals surface area contributed by atoms with Crippen molar-refractivity contribution in [1.29, 1.82) is 0 Å². The minimum absolute atomic E-state index is 0.0733. The Balaban J connectivity index is 2.95. The Kier molecular flexibility index (Phi) is 4.33. The Hall–Kier alpha value is -1.76. The number of nitrogens with two attached hydrogens (primary N) is 1. The van der Waals surface area contributed by atoms with Gasteiger partial charge in [-0.1, -0.05) is 0 Å². The van der Waals surface area contributed by atoms with Crippen molar-refractivity contribution in [3.63, 3.8) is 0 Å². The molecule has 7 nitrogen and oxygen atoms in total. The third-order valence-corrected chi connectivity index (χ3v) is 2.33. The van der Waals surface area contributed by atoms with Crippen molar-refractivity contribution in [3.05, 3.63) is 20.8 Å². The molecule has 0 fully saturated rings. The lowest BCUT2D eigenvalue weighted by molar-refractivity contribution is 0.141. The molecule has 0 saturated carbocycles. The highest BCUT2D eigenvalue weighted by atomic mass is 16.5. The molecule has 4 N–H and O–H groups in total. The van der Waals surface area contributed by atoms with Crippen LogP contribution < -0.4 is 22.3 Å². The summed E-state index contributed by atoms with van der Waals surface area (Å²) in [5.41, 5.74) is 4.84. The third-order valence-electron chi connectivity index (χ3n) is 2.33. The highest BCUT2D eigenvalue weighted by molar-refractivity contribution is 5.60. The molecule has 0 aliphatic heterocycles. The number of aromatic amines is 1. The van der Waals surface area contributed by atoms with Crippen LogP contribution in [0.25, 0.3) is 0 Å². The highest BCUT2D eigenvalue weighted by Crippen LogP contribution is 2.09. The van der Waals surface area contributed by atoms with Gasteiger partial charge in [-0.05, 0) is 13.8 Å². The smallest absolute Gasteiger partial charge is 0.329 e. The van der Waals surface area contributed by atoms with Crippen molar-refractivity contribution in [2.75, 3.05) is 24.3 Å². The number of ether oxygens (including phenoxy) is 1. The maximum absolute atomic E-state index is 11.6. The van der Waals surface area contributed by atoms with E-state index < -0.39 is 11.2 Å². The summed E-state index contributed by atoms with van der Waals surface area (Å²) in [5, 5.41) is 2.93. The van der Waals surface area contributed by atoms with Gasteiger partial charge in [-0.25, -0.2) is 4.79 Å². The van der Waals surface area contributed by atoms with Gasteiger partial charge in [0.25, 0.3) is 5.56 Å². The van der Waals surface area contributed by atoms with Gasteiger partial charge in [0.05, 0.1) is 6.61 Å². The summed E-state index contributed by atoms with van der Waals surface area (Å²) in [7, 11) is 1.49. The average Bonchev–Trinajstić information content (AvgIpc) is 2.29. The third kappa shape index (κ3) is 3.10. The van der Waals surface area contributed by atoms with Crippen LogP contribution in [-0.2, 0) is 11.8 Å². The normalized spacial score (nSPS) is 12.4. The lowest BCUT2D eigenvalue weighted by Gasteiger charge is -2.16. The molecular weight excluding hydrogens is 224 g/mol. The van der Waals surface area contributed by atoms with E-state index in [4.69, 9.17) is 10.5 Å². The largest absolute Gasteiger partial charge is 0.383 e. The topological polar surface area (TPSA) is 102 Å². The number of hydrogen-bond donors (Lipinski definition) is 3. The number of H-pyrrole nitrogens is 1. The quantitative estimate of drug-likeness (QED) is 0.645. The van der Waals surface area contributed by atoms with Crippen molar-refractivity contribution in [2.24, 2.45) is 7.05 Å². The molecule has 0 bridgehead atoms. The van der Waals surface area contributed by atoms with Gasteiger partial charge < -0.3 is 15.8 Å². The first-order valence-electron chi connectivity index (χ1n) is 5.40. The monoisotopic (exact) mass is 242 g/mol. The molecule has 1 aromatic heterocycles. The van der Waals surface area contributed by atoms with Gasteiger partial charge in [-0.3, -0.25) is 14.3 Å². The van der Waals surface area contributed by atoms with Crippen molar-refractivity contribution in [1.82, 2.24) is 9.55 Å². The summed E-state index contributed by atoms with van der Waals surface area (Å²) >= 11 is 0. The zero-order valence-electron chi connectivity index (χ0n) is 10.2. The number of hydrogen-bond acceptors (Lipinski definition) is 5. The van der Waals surface area contributed by atoms with Crippen LogP contribution in [0.4, 0.5) is 11.5 Å². The van der Waals surface area contributed by atoms with Crippen molar-refractivity contribution < 1.29 is 4.74 Å².